The second-order valence-electron chi connectivity index (χ2n) is 4.50. The SMILES string of the molecule is CNc1nc2sccn2c1S(=O)(=O)N(CCO)C(C)C. The molecule has 0 amide bonds. The molecule has 0 atom stereocenters. The highest BCUT2D eigenvalue weighted by molar-refractivity contribution is 7.89. The molecule has 2 aromatic heterocycles. The van der Waals surface area contributed by atoms with Gasteiger partial charge in [0, 0.05) is 31.2 Å². The molecule has 2 rings (SSSR count). The minimum atomic E-state index is -3.74. The fourth-order valence-electron chi connectivity index (χ4n) is 2.04. The Bertz CT molecular complexity index is 690. The first-order chi connectivity index (χ1) is 9.43. The third-order valence-electron chi connectivity index (χ3n) is 2.90. The maximum atomic E-state index is 12.8. The van der Waals surface area contributed by atoms with Gasteiger partial charge in [-0.25, -0.2) is 13.4 Å². The van der Waals surface area contributed by atoms with Crippen LogP contribution in [0.25, 0.3) is 4.96 Å². The van der Waals surface area contributed by atoms with Gasteiger partial charge in [0.1, 0.15) is 0 Å². The average molecular weight is 318 g/mol. The van der Waals surface area contributed by atoms with Gasteiger partial charge < -0.3 is 10.4 Å². The van der Waals surface area contributed by atoms with Crippen molar-refractivity contribution in [2.75, 3.05) is 25.5 Å². The number of aromatic nitrogens is 2. The van der Waals surface area contributed by atoms with Crippen LogP contribution in [0.1, 0.15) is 13.8 Å². The molecule has 0 spiro atoms. The lowest BCUT2D eigenvalue weighted by Gasteiger charge is -2.24. The molecule has 7 nitrogen and oxygen atoms in total. The van der Waals surface area contributed by atoms with Gasteiger partial charge in [-0.05, 0) is 13.8 Å². The molecule has 0 unspecified atom stereocenters. The van der Waals surface area contributed by atoms with E-state index in [4.69, 9.17) is 5.11 Å². The lowest BCUT2D eigenvalue weighted by molar-refractivity contribution is 0.236. The first-order valence-corrected chi connectivity index (χ1v) is 8.51. The number of sulfonamides is 1. The Labute approximate surface area is 121 Å². The van der Waals surface area contributed by atoms with Gasteiger partial charge in [-0.1, -0.05) is 0 Å². The minimum absolute atomic E-state index is 0.0561. The van der Waals surface area contributed by atoms with Crippen molar-refractivity contribution in [3.63, 3.8) is 0 Å². The molecule has 2 N–H and O–H groups in total. The summed E-state index contributed by atoms with van der Waals surface area (Å²) >= 11 is 1.37. The average Bonchev–Trinajstić information content (AvgIpc) is 2.93. The fourth-order valence-corrected chi connectivity index (χ4v) is 4.70. The summed E-state index contributed by atoms with van der Waals surface area (Å²) in [6, 6.07) is -0.249. The Balaban J connectivity index is 2.63. The first-order valence-electron chi connectivity index (χ1n) is 6.19. The summed E-state index contributed by atoms with van der Waals surface area (Å²) in [5.74, 6) is 0.320. The zero-order valence-corrected chi connectivity index (χ0v) is 13.2. The van der Waals surface area contributed by atoms with Crippen LogP contribution in [-0.4, -0.2) is 53.5 Å². The fraction of sp³-hybridized carbons (Fsp3) is 0.545. The molecule has 0 saturated heterocycles. The molecule has 2 aromatic rings. The summed E-state index contributed by atoms with van der Waals surface area (Å²) in [4.78, 5) is 4.87. The number of anilines is 1. The number of fused-ring (bicyclic) bond motifs is 1. The summed E-state index contributed by atoms with van der Waals surface area (Å²) in [6.45, 7) is 3.38. The number of aliphatic hydroxyl groups is 1. The Morgan fingerprint density at radius 3 is 2.80 bits per heavy atom. The van der Waals surface area contributed by atoms with Crippen LogP contribution < -0.4 is 5.32 Å². The number of imidazole rings is 1. The number of nitrogens with one attached hydrogen (secondary N) is 1. The highest BCUT2D eigenvalue weighted by Crippen LogP contribution is 2.28. The van der Waals surface area contributed by atoms with Crippen molar-refractivity contribution in [1.29, 1.82) is 0 Å². The monoisotopic (exact) mass is 318 g/mol. The van der Waals surface area contributed by atoms with Gasteiger partial charge in [-0.3, -0.25) is 4.40 Å². The molecule has 0 aliphatic carbocycles. The topological polar surface area (TPSA) is 86.9 Å². The van der Waals surface area contributed by atoms with Crippen molar-refractivity contribution < 1.29 is 13.5 Å². The van der Waals surface area contributed by atoms with Gasteiger partial charge in [0.15, 0.2) is 15.8 Å². The Hall–Kier alpha value is -1.16. The van der Waals surface area contributed by atoms with E-state index in [9.17, 15) is 8.42 Å². The van der Waals surface area contributed by atoms with E-state index < -0.39 is 10.0 Å². The highest BCUT2D eigenvalue weighted by Gasteiger charge is 2.33. The van der Waals surface area contributed by atoms with Gasteiger partial charge in [0.25, 0.3) is 10.0 Å². The molecule has 0 fully saturated rings. The third-order valence-corrected chi connectivity index (χ3v) is 5.76. The van der Waals surface area contributed by atoms with Crippen LogP contribution in [0.5, 0.6) is 0 Å². The van der Waals surface area contributed by atoms with E-state index in [-0.39, 0.29) is 24.2 Å². The quantitative estimate of drug-likeness (QED) is 0.824. The van der Waals surface area contributed by atoms with Crippen LogP contribution in [-0.2, 0) is 10.0 Å². The Morgan fingerprint density at radius 2 is 2.25 bits per heavy atom. The summed E-state index contributed by atoms with van der Waals surface area (Å²) in [7, 11) is -2.10. The van der Waals surface area contributed by atoms with Crippen LogP contribution in [0.2, 0.25) is 0 Å². The van der Waals surface area contributed by atoms with Crippen molar-refractivity contribution in [2.45, 2.75) is 24.9 Å². The smallest absolute Gasteiger partial charge is 0.263 e. The zero-order valence-electron chi connectivity index (χ0n) is 11.6. The second-order valence-corrected chi connectivity index (χ2v) is 7.18. The third kappa shape index (κ3) is 2.41. The van der Waals surface area contributed by atoms with Gasteiger partial charge in [-0.15, -0.1) is 11.3 Å². The van der Waals surface area contributed by atoms with Crippen LogP contribution >= 0.6 is 11.3 Å². The van der Waals surface area contributed by atoms with Gasteiger partial charge in [0.2, 0.25) is 0 Å². The van der Waals surface area contributed by atoms with Crippen LogP contribution in [0.4, 0.5) is 5.82 Å². The molecular weight excluding hydrogens is 300 g/mol. The van der Waals surface area contributed by atoms with Crippen molar-refractivity contribution in [3.8, 4) is 0 Å². The summed E-state index contributed by atoms with van der Waals surface area (Å²) in [5, 5.41) is 13.8. The summed E-state index contributed by atoms with van der Waals surface area (Å²) in [5.41, 5.74) is 0. The number of thiazole rings is 1. The number of hydrogen-bond acceptors (Lipinski definition) is 6. The maximum absolute atomic E-state index is 12.8. The summed E-state index contributed by atoms with van der Waals surface area (Å²) in [6.07, 6.45) is 1.68. The van der Waals surface area contributed by atoms with Crippen molar-refractivity contribution in [2.24, 2.45) is 0 Å². The minimum Gasteiger partial charge on any atom is -0.395 e. The standard InChI is InChI=1S/C11H18N4O3S2/c1-8(2)15(4-6-16)20(17,18)10-9(12-3)13-11-14(10)5-7-19-11/h5,7-8,12,16H,4,6H2,1-3H3. The van der Waals surface area contributed by atoms with Crippen molar-refractivity contribution in [1.82, 2.24) is 13.7 Å². The largest absolute Gasteiger partial charge is 0.395 e. The van der Waals surface area contributed by atoms with Gasteiger partial charge in [0.05, 0.1) is 6.61 Å². The van der Waals surface area contributed by atoms with Crippen molar-refractivity contribution in [3.05, 3.63) is 11.6 Å². The number of rotatable bonds is 6. The van der Waals surface area contributed by atoms with Crippen LogP contribution in [0.3, 0.4) is 0 Å². The highest BCUT2D eigenvalue weighted by atomic mass is 32.2. The van der Waals surface area contributed by atoms with E-state index in [0.29, 0.717) is 10.8 Å². The lowest BCUT2D eigenvalue weighted by Crippen LogP contribution is -2.39. The van der Waals surface area contributed by atoms with E-state index in [0.717, 1.165) is 0 Å². The van der Waals surface area contributed by atoms with E-state index >= 15 is 0 Å². The molecule has 0 aliphatic heterocycles. The normalized spacial score (nSPS) is 12.7. The zero-order chi connectivity index (χ0) is 14.9. The van der Waals surface area contributed by atoms with Crippen LogP contribution in [0, 0.1) is 0 Å². The van der Waals surface area contributed by atoms with Crippen LogP contribution in [0.15, 0.2) is 16.6 Å². The Kier molecular flexibility index (Phi) is 4.33. The second kappa shape index (κ2) is 5.68. The summed E-state index contributed by atoms with van der Waals surface area (Å²) < 4.78 is 28.5. The molecule has 2 heterocycles. The van der Waals surface area contributed by atoms with Gasteiger partial charge in [-0.2, -0.15) is 4.31 Å². The lowest BCUT2D eigenvalue weighted by atomic mass is 10.4. The predicted octanol–water partition coefficient (Wildman–Crippen LogP) is 0.829. The number of nitrogens with zero attached hydrogens (tertiary/aromatic N) is 3. The molecule has 20 heavy (non-hydrogen) atoms. The van der Waals surface area contributed by atoms with E-state index in [1.807, 2.05) is 0 Å². The van der Waals surface area contributed by atoms with E-state index in [1.165, 1.54) is 15.6 Å². The number of aliphatic hydroxyl groups excluding tert-OH is 1. The van der Waals surface area contributed by atoms with Gasteiger partial charge >= 0.3 is 0 Å². The van der Waals surface area contributed by atoms with E-state index in [1.54, 1.807) is 36.9 Å². The Morgan fingerprint density at radius 1 is 1.55 bits per heavy atom. The first kappa shape index (κ1) is 15.2. The maximum Gasteiger partial charge on any atom is 0.263 e. The molecule has 0 saturated carbocycles. The molecule has 112 valence electrons. The molecule has 0 aromatic carbocycles. The molecule has 0 bridgehead atoms. The van der Waals surface area contributed by atoms with Crippen molar-refractivity contribution >= 4 is 32.1 Å². The van der Waals surface area contributed by atoms with E-state index in [2.05, 4.69) is 10.3 Å². The predicted molar refractivity (Wildman–Crippen MR) is 78.7 cm³/mol. The molecule has 0 radical (unpaired) electrons. The molecule has 9 heteroatoms. The number of hydrogen-bond donors (Lipinski definition) is 2. The molecule has 0 aliphatic rings. The molecular formula is C11H18N4O3S2.